The Bertz CT molecular complexity index is 757. The van der Waals surface area contributed by atoms with Crippen molar-refractivity contribution in [2.75, 3.05) is 20.8 Å². The van der Waals surface area contributed by atoms with E-state index < -0.39 is 10.0 Å². The SMILES string of the molecule is COCc1nc(CCNS(=O)(=O)c2cc(C)ccc2OC)cs1. The summed E-state index contributed by atoms with van der Waals surface area (Å²) in [6, 6.07) is 5.06. The van der Waals surface area contributed by atoms with E-state index in [-0.39, 0.29) is 11.4 Å². The normalized spacial score (nSPS) is 11.6. The van der Waals surface area contributed by atoms with Gasteiger partial charge in [0.1, 0.15) is 15.7 Å². The maximum absolute atomic E-state index is 12.4. The number of ether oxygens (including phenoxy) is 2. The van der Waals surface area contributed by atoms with Crippen molar-refractivity contribution >= 4 is 21.4 Å². The highest BCUT2D eigenvalue weighted by molar-refractivity contribution is 7.89. The molecule has 0 aliphatic heterocycles. The van der Waals surface area contributed by atoms with Crippen LogP contribution in [0.5, 0.6) is 5.75 Å². The number of aryl methyl sites for hydroxylation is 1. The summed E-state index contributed by atoms with van der Waals surface area (Å²) in [6.07, 6.45) is 0.521. The van der Waals surface area contributed by atoms with Crippen LogP contribution in [0.3, 0.4) is 0 Å². The van der Waals surface area contributed by atoms with Crippen LogP contribution >= 0.6 is 11.3 Å². The number of sulfonamides is 1. The van der Waals surface area contributed by atoms with Crippen molar-refractivity contribution in [3.8, 4) is 5.75 Å². The lowest BCUT2D eigenvalue weighted by atomic mass is 10.2. The van der Waals surface area contributed by atoms with Crippen LogP contribution in [0, 0.1) is 6.92 Å². The van der Waals surface area contributed by atoms with E-state index in [0.717, 1.165) is 16.3 Å². The second-order valence-electron chi connectivity index (χ2n) is 4.97. The minimum absolute atomic E-state index is 0.151. The fraction of sp³-hybridized carbons (Fsp3) is 0.400. The average Bonchev–Trinajstić information content (AvgIpc) is 2.95. The van der Waals surface area contributed by atoms with Gasteiger partial charge >= 0.3 is 0 Å². The van der Waals surface area contributed by atoms with Crippen LogP contribution in [0.1, 0.15) is 16.3 Å². The molecule has 0 aliphatic rings. The van der Waals surface area contributed by atoms with Gasteiger partial charge in [-0.25, -0.2) is 18.1 Å². The molecular weight excluding hydrogens is 336 g/mol. The van der Waals surface area contributed by atoms with Crippen molar-refractivity contribution in [1.29, 1.82) is 0 Å². The molecule has 0 bridgehead atoms. The molecule has 2 rings (SSSR count). The van der Waals surface area contributed by atoms with Gasteiger partial charge in [-0.2, -0.15) is 0 Å². The fourth-order valence-electron chi connectivity index (χ4n) is 2.04. The Morgan fingerprint density at radius 3 is 2.78 bits per heavy atom. The number of nitrogens with zero attached hydrogens (tertiary/aromatic N) is 1. The molecule has 126 valence electrons. The van der Waals surface area contributed by atoms with Crippen molar-refractivity contribution in [3.05, 3.63) is 39.8 Å². The molecule has 0 radical (unpaired) electrons. The van der Waals surface area contributed by atoms with E-state index in [1.807, 2.05) is 18.4 Å². The minimum Gasteiger partial charge on any atom is -0.495 e. The molecular formula is C15H20N2O4S2. The topological polar surface area (TPSA) is 77.5 Å². The van der Waals surface area contributed by atoms with Gasteiger partial charge in [-0.15, -0.1) is 11.3 Å². The van der Waals surface area contributed by atoms with Crippen LogP contribution < -0.4 is 9.46 Å². The Labute approximate surface area is 140 Å². The summed E-state index contributed by atoms with van der Waals surface area (Å²) in [5, 5.41) is 2.79. The van der Waals surface area contributed by atoms with Crippen molar-refractivity contribution in [2.24, 2.45) is 0 Å². The smallest absolute Gasteiger partial charge is 0.244 e. The van der Waals surface area contributed by atoms with E-state index in [1.165, 1.54) is 18.4 Å². The van der Waals surface area contributed by atoms with Crippen LogP contribution in [-0.4, -0.2) is 34.2 Å². The largest absolute Gasteiger partial charge is 0.495 e. The summed E-state index contributed by atoms with van der Waals surface area (Å²) < 4.78 is 37.6. The predicted molar refractivity (Wildman–Crippen MR) is 89.5 cm³/mol. The van der Waals surface area contributed by atoms with Crippen molar-refractivity contribution in [1.82, 2.24) is 9.71 Å². The number of benzene rings is 1. The maximum Gasteiger partial charge on any atom is 0.244 e. The second kappa shape index (κ2) is 7.87. The number of hydrogen-bond acceptors (Lipinski definition) is 6. The van der Waals surface area contributed by atoms with Crippen molar-refractivity contribution < 1.29 is 17.9 Å². The highest BCUT2D eigenvalue weighted by Crippen LogP contribution is 2.24. The quantitative estimate of drug-likeness (QED) is 0.784. The van der Waals surface area contributed by atoms with Crippen LogP contribution in [0.25, 0.3) is 0 Å². The van der Waals surface area contributed by atoms with E-state index in [4.69, 9.17) is 9.47 Å². The lowest BCUT2D eigenvalue weighted by Crippen LogP contribution is -2.26. The Balaban J connectivity index is 2.02. The maximum atomic E-state index is 12.4. The lowest BCUT2D eigenvalue weighted by molar-refractivity contribution is 0.184. The third-order valence-corrected chi connectivity index (χ3v) is 5.50. The zero-order chi connectivity index (χ0) is 16.9. The van der Waals surface area contributed by atoms with Crippen molar-refractivity contribution in [2.45, 2.75) is 24.8 Å². The molecule has 0 amide bonds. The fourth-order valence-corrected chi connectivity index (χ4v) is 4.12. The third kappa shape index (κ3) is 4.74. The molecule has 8 heteroatoms. The molecule has 1 heterocycles. The van der Waals surface area contributed by atoms with E-state index in [0.29, 0.717) is 18.8 Å². The van der Waals surface area contributed by atoms with Gasteiger partial charge in [-0.3, -0.25) is 0 Å². The van der Waals surface area contributed by atoms with E-state index in [2.05, 4.69) is 9.71 Å². The molecule has 0 atom stereocenters. The molecule has 0 unspecified atom stereocenters. The Morgan fingerprint density at radius 1 is 1.30 bits per heavy atom. The van der Waals surface area contributed by atoms with Gasteiger partial charge in [-0.1, -0.05) is 6.07 Å². The third-order valence-electron chi connectivity index (χ3n) is 3.15. The monoisotopic (exact) mass is 356 g/mol. The Morgan fingerprint density at radius 2 is 2.09 bits per heavy atom. The summed E-state index contributed by atoms with van der Waals surface area (Å²) in [7, 11) is -0.553. The standard InChI is InChI=1S/C15H20N2O4S2/c1-11-4-5-13(21-3)14(8-11)23(18,19)16-7-6-12-10-22-15(17-12)9-20-2/h4-5,8,10,16H,6-7,9H2,1-3H3. The summed E-state index contributed by atoms with van der Waals surface area (Å²) in [4.78, 5) is 4.53. The molecule has 23 heavy (non-hydrogen) atoms. The van der Waals surface area contributed by atoms with Crippen LogP contribution in [0.2, 0.25) is 0 Å². The number of rotatable bonds is 8. The molecule has 0 fully saturated rings. The Hall–Kier alpha value is -1.48. The number of aromatic nitrogens is 1. The predicted octanol–water partition coefficient (Wildman–Crippen LogP) is 2.13. The van der Waals surface area contributed by atoms with Crippen LogP contribution in [0.15, 0.2) is 28.5 Å². The first-order chi connectivity index (χ1) is 11.0. The molecule has 1 N–H and O–H groups in total. The summed E-state index contributed by atoms with van der Waals surface area (Å²) in [5.41, 5.74) is 1.70. The average molecular weight is 356 g/mol. The van der Waals surface area contributed by atoms with E-state index >= 15 is 0 Å². The summed E-state index contributed by atoms with van der Waals surface area (Å²) in [6.45, 7) is 2.58. The zero-order valence-electron chi connectivity index (χ0n) is 13.3. The molecule has 6 nitrogen and oxygen atoms in total. The summed E-state index contributed by atoms with van der Waals surface area (Å²) in [5.74, 6) is 0.333. The van der Waals surface area contributed by atoms with Crippen molar-refractivity contribution in [3.63, 3.8) is 0 Å². The molecule has 0 saturated carbocycles. The molecule has 1 aromatic heterocycles. The van der Waals surface area contributed by atoms with E-state index in [9.17, 15) is 8.42 Å². The van der Waals surface area contributed by atoms with E-state index in [1.54, 1.807) is 19.2 Å². The first-order valence-corrected chi connectivity index (χ1v) is 9.39. The second-order valence-corrected chi connectivity index (χ2v) is 7.65. The van der Waals surface area contributed by atoms with Crippen LogP contribution in [0.4, 0.5) is 0 Å². The Kier molecular flexibility index (Phi) is 6.11. The first kappa shape index (κ1) is 17.9. The van der Waals surface area contributed by atoms with Gasteiger partial charge in [0.05, 0.1) is 19.4 Å². The number of methoxy groups -OCH3 is 2. The van der Waals surface area contributed by atoms with Gasteiger partial charge < -0.3 is 9.47 Å². The highest BCUT2D eigenvalue weighted by Gasteiger charge is 2.19. The molecule has 2 aromatic rings. The number of hydrogen-bond donors (Lipinski definition) is 1. The zero-order valence-corrected chi connectivity index (χ0v) is 15.0. The molecule has 0 spiro atoms. The van der Waals surface area contributed by atoms with Gasteiger partial charge in [0.25, 0.3) is 0 Å². The molecule has 0 aliphatic carbocycles. The molecule has 1 aromatic carbocycles. The van der Waals surface area contributed by atoms with Gasteiger partial charge in [-0.05, 0) is 24.6 Å². The first-order valence-electron chi connectivity index (χ1n) is 7.03. The van der Waals surface area contributed by atoms with Gasteiger partial charge in [0.15, 0.2) is 0 Å². The highest BCUT2D eigenvalue weighted by atomic mass is 32.2. The number of nitrogens with one attached hydrogen (secondary N) is 1. The summed E-state index contributed by atoms with van der Waals surface area (Å²) >= 11 is 1.50. The van der Waals surface area contributed by atoms with Gasteiger partial charge in [0.2, 0.25) is 10.0 Å². The molecule has 0 saturated heterocycles. The van der Waals surface area contributed by atoms with Gasteiger partial charge in [0, 0.05) is 25.5 Å². The lowest BCUT2D eigenvalue weighted by Gasteiger charge is -2.11. The van der Waals surface area contributed by atoms with Crippen LogP contribution in [-0.2, 0) is 27.8 Å². The number of thiazole rings is 1. The minimum atomic E-state index is -3.62.